The fourth-order valence-electron chi connectivity index (χ4n) is 4.69. The fourth-order valence-corrected chi connectivity index (χ4v) is 4.69. The Morgan fingerprint density at radius 1 is 1.00 bits per heavy atom. The Labute approximate surface area is 188 Å². The number of rotatable bonds is 6. The van der Waals surface area contributed by atoms with E-state index in [1.165, 1.54) is 12.7 Å². The molecule has 0 radical (unpaired) electrons. The molecule has 1 aliphatic heterocycles. The Morgan fingerprint density at radius 2 is 1.69 bits per heavy atom. The van der Waals surface area contributed by atoms with Gasteiger partial charge in [-0.25, -0.2) is 4.79 Å². The van der Waals surface area contributed by atoms with Gasteiger partial charge in [-0.05, 0) is 42.7 Å². The van der Waals surface area contributed by atoms with Crippen molar-refractivity contribution in [1.82, 2.24) is 14.8 Å². The number of esters is 1. The van der Waals surface area contributed by atoms with Crippen LogP contribution < -0.4 is 9.64 Å². The summed E-state index contributed by atoms with van der Waals surface area (Å²) in [5.41, 5.74) is 1.86. The second-order valence-corrected chi connectivity index (χ2v) is 8.65. The van der Waals surface area contributed by atoms with Gasteiger partial charge < -0.3 is 14.4 Å². The van der Waals surface area contributed by atoms with Gasteiger partial charge in [0.05, 0.1) is 18.1 Å². The quantitative estimate of drug-likeness (QED) is 0.553. The standard InChI is InChI=1S/C25H28N4O3/c1-28-23(25(14-15-25)19-6-4-3-5-7-19)26-27-24(28)29-16-12-21(13-17-29)32-20-10-8-18(9-11-20)22(30)31-2/h3-11,21H,12-17H2,1-2H3. The first kappa shape index (κ1) is 20.5. The summed E-state index contributed by atoms with van der Waals surface area (Å²) in [4.78, 5) is 13.9. The maximum Gasteiger partial charge on any atom is 0.337 e. The van der Waals surface area contributed by atoms with Crippen LogP contribution in [-0.2, 0) is 17.2 Å². The van der Waals surface area contributed by atoms with Crippen LogP contribution in [0.3, 0.4) is 0 Å². The van der Waals surface area contributed by atoms with E-state index in [4.69, 9.17) is 9.47 Å². The predicted molar refractivity (Wildman–Crippen MR) is 121 cm³/mol. The van der Waals surface area contributed by atoms with Crippen molar-refractivity contribution >= 4 is 11.9 Å². The second kappa shape index (κ2) is 8.30. The number of carbonyl (C=O) groups is 1. The first-order valence-electron chi connectivity index (χ1n) is 11.2. The van der Waals surface area contributed by atoms with Gasteiger partial charge >= 0.3 is 5.97 Å². The fraction of sp³-hybridized carbons (Fsp3) is 0.400. The van der Waals surface area contributed by atoms with Gasteiger partial charge in [-0.15, -0.1) is 10.2 Å². The van der Waals surface area contributed by atoms with Crippen LogP contribution in [0.25, 0.3) is 0 Å². The molecule has 0 N–H and O–H groups in total. The molecule has 32 heavy (non-hydrogen) atoms. The lowest BCUT2D eigenvalue weighted by molar-refractivity contribution is 0.0600. The summed E-state index contributed by atoms with van der Waals surface area (Å²) >= 11 is 0. The molecule has 1 saturated heterocycles. The number of hydrogen-bond donors (Lipinski definition) is 0. The van der Waals surface area contributed by atoms with Crippen LogP contribution in [0.1, 0.15) is 47.4 Å². The SMILES string of the molecule is COC(=O)c1ccc(OC2CCN(c3nnc(C4(c5ccccc5)CC4)n3C)CC2)cc1. The molecule has 166 valence electrons. The van der Waals surface area contributed by atoms with E-state index >= 15 is 0 Å². The highest BCUT2D eigenvalue weighted by atomic mass is 16.5. The molecule has 7 heteroatoms. The van der Waals surface area contributed by atoms with E-state index in [2.05, 4.69) is 57.0 Å². The zero-order chi connectivity index (χ0) is 22.1. The lowest BCUT2D eigenvalue weighted by atomic mass is 9.95. The van der Waals surface area contributed by atoms with E-state index in [9.17, 15) is 4.79 Å². The molecule has 2 heterocycles. The van der Waals surface area contributed by atoms with Gasteiger partial charge in [0.2, 0.25) is 5.95 Å². The summed E-state index contributed by atoms with van der Waals surface area (Å²) in [6.07, 6.45) is 4.19. The minimum atomic E-state index is -0.340. The van der Waals surface area contributed by atoms with Crippen molar-refractivity contribution in [3.8, 4) is 5.75 Å². The van der Waals surface area contributed by atoms with Crippen molar-refractivity contribution in [2.24, 2.45) is 7.05 Å². The van der Waals surface area contributed by atoms with Crippen molar-refractivity contribution in [2.45, 2.75) is 37.2 Å². The largest absolute Gasteiger partial charge is 0.490 e. The number of hydrogen-bond acceptors (Lipinski definition) is 6. The number of methoxy groups -OCH3 is 1. The first-order chi connectivity index (χ1) is 15.6. The third-order valence-corrected chi connectivity index (χ3v) is 6.66. The van der Waals surface area contributed by atoms with Crippen LogP contribution in [0, 0.1) is 0 Å². The molecule has 3 aromatic rings. The molecule has 1 aromatic heterocycles. The summed E-state index contributed by atoms with van der Waals surface area (Å²) in [6, 6.07) is 17.8. The zero-order valence-electron chi connectivity index (χ0n) is 18.5. The molecule has 0 amide bonds. The maximum absolute atomic E-state index is 11.6. The molecule has 5 rings (SSSR count). The van der Waals surface area contributed by atoms with Crippen LogP contribution in [-0.4, -0.2) is 47.0 Å². The highest BCUT2D eigenvalue weighted by Gasteiger charge is 2.50. The van der Waals surface area contributed by atoms with Gasteiger partial charge in [0.25, 0.3) is 0 Å². The molecular formula is C25H28N4O3. The normalized spacial score (nSPS) is 17.8. The van der Waals surface area contributed by atoms with Gasteiger partial charge in [0.15, 0.2) is 0 Å². The molecular weight excluding hydrogens is 404 g/mol. The molecule has 2 aliphatic rings. The molecule has 0 unspecified atom stereocenters. The zero-order valence-corrected chi connectivity index (χ0v) is 18.5. The van der Waals surface area contributed by atoms with E-state index in [-0.39, 0.29) is 17.5 Å². The van der Waals surface area contributed by atoms with E-state index in [0.29, 0.717) is 5.56 Å². The van der Waals surface area contributed by atoms with Crippen LogP contribution >= 0.6 is 0 Å². The van der Waals surface area contributed by atoms with Gasteiger partial charge in [-0.1, -0.05) is 30.3 Å². The van der Waals surface area contributed by atoms with Crippen LogP contribution in [0.2, 0.25) is 0 Å². The maximum atomic E-state index is 11.6. The molecule has 2 aromatic carbocycles. The van der Waals surface area contributed by atoms with E-state index < -0.39 is 0 Å². The Balaban J connectivity index is 1.22. The summed E-state index contributed by atoms with van der Waals surface area (Å²) < 4.78 is 13.1. The Bertz CT molecular complexity index is 1080. The van der Waals surface area contributed by atoms with Crippen molar-refractivity contribution in [3.63, 3.8) is 0 Å². The number of aromatic nitrogens is 3. The minimum Gasteiger partial charge on any atom is -0.490 e. The van der Waals surface area contributed by atoms with Crippen molar-refractivity contribution in [1.29, 1.82) is 0 Å². The minimum absolute atomic E-state index is 0.0130. The van der Waals surface area contributed by atoms with Gasteiger partial charge in [-0.2, -0.15) is 0 Å². The number of piperidine rings is 1. The van der Waals surface area contributed by atoms with Gasteiger partial charge in [0.1, 0.15) is 17.7 Å². The van der Waals surface area contributed by atoms with Crippen molar-refractivity contribution < 1.29 is 14.3 Å². The highest BCUT2D eigenvalue weighted by Crippen LogP contribution is 2.52. The topological polar surface area (TPSA) is 69.5 Å². The van der Waals surface area contributed by atoms with Gasteiger partial charge in [0, 0.05) is 33.0 Å². The number of nitrogens with zero attached hydrogens (tertiary/aromatic N) is 4. The number of benzene rings is 2. The lowest BCUT2D eigenvalue weighted by Crippen LogP contribution is -2.39. The molecule has 1 saturated carbocycles. The smallest absolute Gasteiger partial charge is 0.337 e. The van der Waals surface area contributed by atoms with Gasteiger partial charge in [-0.3, -0.25) is 4.57 Å². The lowest BCUT2D eigenvalue weighted by Gasteiger charge is -2.32. The number of anilines is 1. The van der Waals surface area contributed by atoms with Crippen LogP contribution in [0.5, 0.6) is 5.75 Å². The number of carbonyl (C=O) groups excluding carboxylic acids is 1. The summed E-state index contributed by atoms with van der Waals surface area (Å²) in [5, 5.41) is 9.19. The van der Waals surface area contributed by atoms with E-state index in [0.717, 1.165) is 56.3 Å². The molecule has 0 spiro atoms. The molecule has 1 aliphatic carbocycles. The molecule has 2 fully saturated rings. The monoisotopic (exact) mass is 432 g/mol. The number of ether oxygens (including phenoxy) is 2. The predicted octanol–water partition coefficient (Wildman–Crippen LogP) is 3.73. The van der Waals surface area contributed by atoms with E-state index in [1.807, 2.05) is 12.1 Å². The van der Waals surface area contributed by atoms with Crippen LogP contribution in [0.15, 0.2) is 54.6 Å². The molecule has 7 nitrogen and oxygen atoms in total. The molecule has 0 bridgehead atoms. The van der Waals surface area contributed by atoms with Crippen LogP contribution in [0.4, 0.5) is 5.95 Å². The summed E-state index contributed by atoms with van der Waals surface area (Å²) in [7, 11) is 3.46. The van der Waals surface area contributed by atoms with Crippen molar-refractivity contribution in [2.75, 3.05) is 25.1 Å². The second-order valence-electron chi connectivity index (χ2n) is 8.65. The summed E-state index contributed by atoms with van der Waals surface area (Å²) in [5.74, 6) is 2.43. The Kier molecular flexibility index (Phi) is 5.33. The first-order valence-corrected chi connectivity index (χ1v) is 11.2. The average Bonchev–Trinajstić information content (AvgIpc) is 3.56. The van der Waals surface area contributed by atoms with E-state index in [1.54, 1.807) is 12.1 Å². The Morgan fingerprint density at radius 3 is 2.31 bits per heavy atom. The average molecular weight is 433 g/mol. The van der Waals surface area contributed by atoms with Crippen molar-refractivity contribution in [3.05, 3.63) is 71.5 Å². The third kappa shape index (κ3) is 3.72. The summed E-state index contributed by atoms with van der Waals surface area (Å²) in [6.45, 7) is 1.74. The molecule has 0 atom stereocenters. The highest BCUT2D eigenvalue weighted by molar-refractivity contribution is 5.89. The third-order valence-electron chi connectivity index (χ3n) is 6.66. The Hall–Kier alpha value is -3.35.